The molecule has 1 fully saturated rings. The van der Waals surface area contributed by atoms with Crippen molar-refractivity contribution in [3.8, 4) is 0 Å². The van der Waals surface area contributed by atoms with Gasteiger partial charge < -0.3 is 15.5 Å². The van der Waals surface area contributed by atoms with E-state index in [9.17, 15) is 9.59 Å². The third-order valence-electron chi connectivity index (χ3n) is 4.56. The van der Waals surface area contributed by atoms with Crippen LogP contribution >= 0.6 is 0 Å². The van der Waals surface area contributed by atoms with E-state index < -0.39 is 0 Å². The Hall–Kier alpha value is -3.00. The Balaban J connectivity index is 1.51. The van der Waals surface area contributed by atoms with Crippen molar-refractivity contribution in [1.29, 1.82) is 0 Å². The molecule has 0 bridgehead atoms. The van der Waals surface area contributed by atoms with Crippen LogP contribution in [0.2, 0.25) is 0 Å². The van der Waals surface area contributed by atoms with E-state index >= 15 is 0 Å². The maximum atomic E-state index is 12.4. The Morgan fingerprint density at radius 3 is 2.44 bits per heavy atom. The van der Waals surface area contributed by atoms with Crippen molar-refractivity contribution in [1.82, 2.24) is 20.2 Å². The first-order valence-corrected chi connectivity index (χ1v) is 8.93. The summed E-state index contributed by atoms with van der Waals surface area (Å²) in [6, 6.07) is 7.04. The monoisotopic (exact) mass is 368 g/mol. The number of carbonyl (C=O) groups excluding carboxylic acids is 2. The zero-order valence-corrected chi connectivity index (χ0v) is 15.6. The molecular weight excluding hydrogens is 344 g/mol. The highest BCUT2D eigenvalue weighted by Crippen LogP contribution is 2.17. The lowest BCUT2D eigenvalue weighted by molar-refractivity contribution is -0.117. The second-order valence-electron chi connectivity index (χ2n) is 6.47. The van der Waals surface area contributed by atoms with Crippen molar-refractivity contribution in [2.24, 2.45) is 0 Å². The number of piperazine rings is 1. The molecule has 1 aliphatic rings. The molecule has 0 saturated carbocycles. The van der Waals surface area contributed by atoms with Crippen molar-refractivity contribution in [2.75, 3.05) is 50.0 Å². The molecule has 2 amide bonds. The minimum Gasteiger partial charge on any atom is -0.355 e. The Morgan fingerprint density at radius 2 is 1.81 bits per heavy atom. The average Bonchev–Trinajstić information content (AvgIpc) is 2.70. The topological polar surface area (TPSA) is 90.5 Å². The van der Waals surface area contributed by atoms with Crippen LogP contribution in [0.25, 0.3) is 0 Å². The molecule has 1 aromatic heterocycles. The van der Waals surface area contributed by atoms with Crippen LogP contribution in [-0.2, 0) is 4.79 Å². The first-order valence-electron chi connectivity index (χ1n) is 8.93. The molecule has 3 rings (SSSR count). The van der Waals surface area contributed by atoms with Crippen molar-refractivity contribution in [2.45, 2.75) is 6.92 Å². The molecule has 1 saturated heterocycles. The van der Waals surface area contributed by atoms with Crippen LogP contribution in [0.5, 0.6) is 0 Å². The van der Waals surface area contributed by atoms with E-state index in [4.69, 9.17) is 0 Å². The molecule has 0 atom stereocenters. The minimum atomic E-state index is -0.142. The van der Waals surface area contributed by atoms with E-state index in [1.165, 1.54) is 0 Å². The molecule has 1 aliphatic heterocycles. The number of nitrogens with one attached hydrogen (secondary N) is 2. The predicted molar refractivity (Wildman–Crippen MR) is 104 cm³/mol. The smallest absolute Gasteiger partial charge is 0.251 e. The molecule has 1 aromatic carbocycles. The normalized spacial score (nSPS) is 14.7. The minimum absolute atomic E-state index is 0.0600. The van der Waals surface area contributed by atoms with Gasteiger partial charge in [0, 0.05) is 56.9 Å². The summed E-state index contributed by atoms with van der Waals surface area (Å²) < 4.78 is 0. The van der Waals surface area contributed by atoms with Crippen LogP contribution in [0.15, 0.2) is 36.7 Å². The SMILES string of the molecule is CNC(=O)c1ccc(NC(=O)CN2CCN(c3ncccn3)CC2)c(C)c1. The van der Waals surface area contributed by atoms with Gasteiger partial charge in [0.25, 0.3) is 5.91 Å². The summed E-state index contributed by atoms with van der Waals surface area (Å²) >= 11 is 0. The highest BCUT2D eigenvalue weighted by Gasteiger charge is 2.20. The van der Waals surface area contributed by atoms with Gasteiger partial charge in [-0.1, -0.05) is 0 Å². The van der Waals surface area contributed by atoms with Gasteiger partial charge in [-0.25, -0.2) is 9.97 Å². The van der Waals surface area contributed by atoms with Crippen molar-refractivity contribution >= 4 is 23.5 Å². The fourth-order valence-corrected chi connectivity index (χ4v) is 3.04. The largest absolute Gasteiger partial charge is 0.355 e. The summed E-state index contributed by atoms with van der Waals surface area (Å²) in [5, 5.41) is 5.53. The van der Waals surface area contributed by atoms with Gasteiger partial charge in [-0.3, -0.25) is 14.5 Å². The lowest BCUT2D eigenvalue weighted by Gasteiger charge is -2.34. The van der Waals surface area contributed by atoms with Crippen LogP contribution in [0.4, 0.5) is 11.6 Å². The second kappa shape index (κ2) is 8.59. The second-order valence-corrected chi connectivity index (χ2v) is 6.47. The summed E-state index contributed by atoms with van der Waals surface area (Å²) in [7, 11) is 1.59. The maximum Gasteiger partial charge on any atom is 0.251 e. The van der Waals surface area contributed by atoms with E-state index in [0.717, 1.165) is 43.4 Å². The van der Waals surface area contributed by atoms with E-state index in [0.29, 0.717) is 12.1 Å². The van der Waals surface area contributed by atoms with Gasteiger partial charge in [0.15, 0.2) is 0 Å². The van der Waals surface area contributed by atoms with E-state index in [2.05, 4.69) is 30.4 Å². The Kier molecular flexibility index (Phi) is 5.97. The van der Waals surface area contributed by atoms with Crippen LogP contribution < -0.4 is 15.5 Å². The molecule has 0 spiro atoms. The van der Waals surface area contributed by atoms with E-state index in [1.54, 1.807) is 43.7 Å². The van der Waals surface area contributed by atoms with Gasteiger partial charge in [0.05, 0.1) is 6.54 Å². The van der Waals surface area contributed by atoms with Crippen LogP contribution in [0.3, 0.4) is 0 Å². The lowest BCUT2D eigenvalue weighted by Crippen LogP contribution is -2.49. The summed E-state index contributed by atoms with van der Waals surface area (Å²) in [6.45, 7) is 5.34. The molecule has 2 heterocycles. The number of anilines is 2. The van der Waals surface area contributed by atoms with Gasteiger partial charge >= 0.3 is 0 Å². The van der Waals surface area contributed by atoms with Gasteiger partial charge in [0.1, 0.15) is 0 Å². The number of amides is 2. The molecule has 142 valence electrons. The fraction of sp³-hybridized carbons (Fsp3) is 0.368. The molecule has 0 unspecified atom stereocenters. The quantitative estimate of drug-likeness (QED) is 0.815. The summed E-state index contributed by atoms with van der Waals surface area (Å²) in [5.41, 5.74) is 2.16. The Morgan fingerprint density at radius 1 is 1.11 bits per heavy atom. The third kappa shape index (κ3) is 4.79. The van der Waals surface area contributed by atoms with Gasteiger partial charge in [0.2, 0.25) is 11.9 Å². The number of carbonyl (C=O) groups is 2. The Labute approximate surface area is 158 Å². The van der Waals surface area contributed by atoms with Crippen molar-refractivity contribution in [3.05, 3.63) is 47.8 Å². The molecular formula is C19H24N6O2. The number of benzene rings is 1. The van der Waals surface area contributed by atoms with Gasteiger partial charge in [-0.2, -0.15) is 0 Å². The van der Waals surface area contributed by atoms with Gasteiger partial charge in [-0.15, -0.1) is 0 Å². The van der Waals surface area contributed by atoms with Crippen molar-refractivity contribution in [3.63, 3.8) is 0 Å². The predicted octanol–water partition coefficient (Wildman–Crippen LogP) is 0.905. The average molecular weight is 368 g/mol. The Bertz CT molecular complexity index is 803. The highest BCUT2D eigenvalue weighted by molar-refractivity contribution is 5.96. The zero-order chi connectivity index (χ0) is 19.2. The third-order valence-corrected chi connectivity index (χ3v) is 4.56. The first kappa shape index (κ1) is 18.8. The maximum absolute atomic E-state index is 12.4. The first-order chi connectivity index (χ1) is 13.1. The van der Waals surface area contributed by atoms with Crippen LogP contribution in [0, 0.1) is 6.92 Å². The molecule has 8 heteroatoms. The number of nitrogens with zero attached hydrogens (tertiary/aromatic N) is 4. The number of aromatic nitrogens is 2. The van der Waals surface area contributed by atoms with Crippen molar-refractivity contribution < 1.29 is 9.59 Å². The summed E-state index contributed by atoms with van der Waals surface area (Å²) in [4.78, 5) is 36.8. The van der Waals surface area contributed by atoms with Crippen LogP contribution in [-0.4, -0.2) is 66.5 Å². The van der Waals surface area contributed by atoms with Gasteiger partial charge in [-0.05, 0) is 36.8 Å². The number of aryl methyl sites for hydroxylation is 1. The summed E-state index contributed by atoms with van der Waals surface area (Å²) in [5.74, 6) is 0.528. The van der Waals surface area contributed by atoms with E-state index in [-0.39, 0.29) is 11.8 Å². The lowest BCUT2D eigenvalue weighted by atomic mass is 10.1. The highest BCUT2D eigenvalue weighted by atomic mass is 16.2. The molecule has 8 nitrogen and oxygen atoms in total. The van der Waals surface area contributed by atoms with E-state index in [1.807, 2.05) is 6.92 Å². The summed E-state index contributed by atoms with van der Waals surface area (Å²) in [6.07, 6.45) is 3.47. The number of hydrogen-bond donors (Lipinski definition) is 2. The molecule has 2 N–H and O–H groups in total. The zero-order valence-electron chi connectivity index (χ0n) is 15.6. The van der Waals surface area contributed by atoms with Crippen LogP contribution in [0.1, 0.15) is 15.9 Å². The molecule has 0 aliphatic carbocycles. The fourth-order valence-electron chi connectivity index (χ4n) is 3.04. The molecule has 2 aromatic rings. The number of rotatable bonds is 5. The molecule has 27 heavy (non-hydrogen) atoms. The standard InChI is InChI=1S/C19H24N6O2/c1-14-12-15(18(27)20-2)4-5-16(14)23-17(26)13-24-8-10-25(11-9-24)19-21-6-3-7-22-19/h3-7,12H,8-11,13H2,1-2H3,(H,20,27)(H,23,26). The number of hydrogen-bond acceptors (Lipinski definition) is 6. The molecule has 0 radical (unpaired) electrons.